The van der Waals surface area contributed by atoms with Gasteiger partial charge in [0.05, 0.1) is 12.4 Å². The fraction of sp³-hybridized carbons (Fsp3) is 1.00. The average Bonchev–Trinajstić information content (AvgIpc) is 2.77. The van der Waals surface area contributed by atoms with Gasteiger partial charge in [-0.2, -0.15) is 8.42 Å². The summed E-state index contributed by atoms with van der Waals surface area (Å²) in [6.07, 6.45) is 6.76. The Morgan fingerprint density at radius 1 is 1.10 bits per heavy atom. The molecule has 1 spiro atoms. The van der Waals surface area contributed by atoms with E-state index >= 15 is 0 Å². The molecular weight excluding hydrogens is 272 g/mol. The molecule has 5 atom stereocenters. The quantitative estimate of drug-likeness (QED) is 0.732. The highest BCUT2D eigenvalue weighted by Crippen LogP contribution is 2.78. The molecule has 0 amide bonds. The summed E-state index contributed by atoms with van der Waals surface area (Å²) >= 11 is 0. The van der Waals surface area contributed by atoms with Crippen LogP contribution in [0.3, 0.4) is 0 Å². The second kappa shape index (κ2) is 4.01. The first-order valence-corrected chi connectivity index (χ1v) is 9.73. The molecule has 116 valence electrons. The van der Waals surface area contributed by atoms with Crippen LogP contribution in [0.1, 0.15) is 59.8 Å². The van der Waals surface area contributed by atoms with Crippen molar-refractivity contribution >= 4 is 10.1 Å². The van der Waals surface area contributed by atoms with Crippen LogP contribution in [0.2, 0.25) is 0 Å². The van der Waals surface area contributed by atoms with Gasteiger partial charge in [0.1, 0.15) is 0 Å². The fourth-order valence-corrected chi connectivity index (χ4v) is 7.51. The minimum Gasteiger partial charge on any atom is -0.266 e. The third-order valence-corrected chi connectivity index (χ3v) is 7.48. The highest BCUT2D eigenvalue weighted by Gasteiger charge is 2.74. The molecule has 4 heteroatoms. The third kappa shape index (κ3) is 1.70. The lowest BCUT2D eigenvalue weighted by molar-refractivity contribution is -0.0356. The van der Waals surface area contributed by atoms with E-state index in [1.807, 2.05) is 0 Å². The number of hydrogen-bond donors (Lipinski definition) is 0. The van der Waals surface area contributed by atoms with Crippen LogP contribution >= 0.6 is 0 Å². The molecule has 3 saturated carbocycles. The van der Waals surface area contributed by atoms with Crippen LogP contribution in [0.4, 0.5) is 0 Å². The Kier molecular flexibility index (Phi) is 2.97. The van der Waals surface area contributed by atoms with Crippen molar-refractivity contribution in [2.45, 2.75) is 65.9 Å². The van der Waals surface area contributed by atoms with Crippen molar-refractivity contribution in [3.63, 3.8) is 0 Å². The molecule has 3 nitrogen and oxygen atoms in total. The summed E-state index contributed by atoms with van der Waals surface area (Å²) in [6.45, 7) is 9.46. The molecule has 3 aliphatic carbocycles. The normalized spacial score (nSPS) is 50.1. The third-order valence-electron chi connectivity index (χ3n) is 6.90. The van der Waals surface area contributed by atoms with Crippen LogP contribution in [-0.4, -0.2) is 20.8 Å². The van der Waals surface area contributed by atoms with Gasteiger partial charge in [-0.15, -0.1) is 0 Å². The Bertz CT molecular complexity index is 524. The Hall–Kier alpha value is -0.0900. The molecule has 20 heavy (non-hydrogen) atoms. The first-order chi connectivity index (χ1) is 9.03. The molecule has 0 aliphatic heterocycles. The zero-order valence-electron chi connectivity index (χ0n) is 13.4. The van der Waals surface area contributed by atoms with Gasteiger partial charge >= 0.3 is 0 Å². The van der Waals surface area contributed by atoms with Gasteiger partial charge in [0, 0.05) is 5.41 Å². The lowest BCUT2D eigenvalue weighted by Gasteiger charge is -2.46. The van der Waals surface area contributed by atoms with Crippen molar-refractivity contribution in [1.29, 1.82) is 0 Å². The smallest absolute Gasteiger partial charge is 0.264 e. The summed E-state index contributed by atoms with van der Waals surface area (Å²) < 4.78 is 29.0. The molecule has 0 aromatic carbocycles. The summed E-state index contributed by atoms with van der Waals surface area (Å²) in [5.74, 6) is 1.16. The van der Waals surface area contributed by atoms with Crippen LogP contribution in [0.5, 0.6) is 0 Å². The van der Waals surface area contributed by atoms with E-state index in [4.69, 9.17) is 4.18 Å². The molecule has 0 radical (unpaired) electrons. The molecule has 3 fully saturated rings. The molecule has 1 unspecified atom stereocenters. The van der Waals surface area contributed by atoms with E-state index in [0.29, 0.717) is 17.3 Å². The minimum atomic E-state index is -3.38. The van der Waals surface area contributed by atoms with Gasteiger partial charge in [0.2, 0.25) is 0 Å². The van der Waals surface area contributed by atoms with Gasteiger partial charge in [-0.3, -0.25) is 4.18 Å². The largest absolute Gasteiger partial charge is 0.266 e. The van der Waals surface area contributed by atoms with Gasteiger partial charge in [-0.25, -0.2) is 0 Å². The topological polar surface area (TPSA) is 43.4 Å². The molecular formula is C16H28O3S. The van der Waals surface area contributed by atoms with Crippen molar-refractivity contribution < 1.29 is 12.6 Å². The van der Waals surface area contributed by atoms with Crippen LogP contribution in [0.25, 0.3) is 0 Å². The van der Waals surface area contributed by atoms with Crippen molar-refractivity contribution in [3.8, 4) is 0 Å². The zero-order valence-corrected chi connectivity index (χ0v) is 14.2. The zero-order chi connectivity index (χ0) is 15.0. The van der Waals surface area contributed by atoms with Gasteiger partial charge < -0.3 is 0 Å². The molecule has 0 heterocycles. The molecule has 3 rings (SSSR count). The summed E-state index contributed by atoms with van der Waals surface area (Å²) in [5, 5.41) is 0. The lowest BCUT2D eigenvalue weighted by Crippen LogP contribution is -2.47. The first kappa shape index (κ1) is 14.8. The van der Waals surface area contributed by atoms with E-state index in [1.165, 1.54) is 25.5 Å². The molecule has 0 aromatic heterocycles. The highest BCUT2D eigenvalue weighted by atomic mass is 32.2. The van der Waals surface area contributed by atoms with Crippen molar-refractivity contribution in [2.75, 3.05) is 6.26 Å². The van der Waals surface area contributed by atoms with Gasteiger partial charge in [0.15, 0.2) is 0 Å². The van der Waals surface area contributed by atoms with E-state index in [0.717, 1.165) is 12.8 Å². The fourth-order valence-electron chi connectivity index (χ4n) is 6.83. The van der Waals surface area contributed by atoms with E-state index < -0.39 is 10.1 Å². The van der Waals surface area contributed by atoms with Crippen LogP contribution in [-0.2, 0) is 14.3 Å². The molecule has 0 aromatic rings. The predicted octanol–water partition coefficient (Wildman–Crippen LogP) is 3.59. The molecule has 0 N–H and O–H groups in total. The first-order valence-electron chi connectivity index (χ1n) is 7.91. The van der Waals surface area contributed by atoms with Crippen molar-refractivity contribution in [3.05, 3.63) is 0 Å². The van der Waals surface area contributed by atoms with E-state index in [2.05, 4.69) is 27.7 Å². The monoisotopic (exact) mass is 300 g/mol. The Morgan fingerprint density at radius 3 is 2.35 bits per heavy atom. The van der Waals surface area contributed by atoms with Crippen LogP contribution < -0.4 is 0 Å². The second-order valence-corrected chi connectivity index (χ2v) is 10.1. The van der Waals surface area contributed by atoms with Crippen LogP contribution in [0, 0.1) is 28.1 Å². The van der Waals surface area contributed by atoms with E-state index in [1.54, 1.807) is 0 Å². The van der Waals surface area contributed by atoms with Gasteiger partial charge in [-0.05, 0) is 54.8 Å². The maximum atomic E-state index is 11.7. The summed E-state index contributed by atoms with van der Waals surface area (Å²) in [6, 6.07) is 0. The van der Waals surface area contributed by atoms with Crippen molar-refractivity contribution in [2.24, 2.45) is 28.1 Å². The summed E-state index contributed by atoms with van der Waals surface area (Å²) in [5.41, 5.74) is 0.616. The van der Waals surface area contributed by atoms with Crippen molar-refractivity contribution in [1.82, 2.24) is 0 Å². The van der Waals surface area contributed by atoms with Gasteiger partial charge in [-0.1, -0.05) is 27.7 Å². The maximum absolute atomic E-state index is 11.7. The van der Waals surface area contributed by atoms with E-state index in [9.17, 15) is 8.42 Å². The Balaban J connectivity index is 2.10. The standard InChI is InChI=1S/C16H28O3S/c1-11-6-7-12-14(2,3)10-15(4)9-8-13(16(11,12)15)19-20(5,17)18/h11-13H,6-10H2,1-5H3/t11-,12+,13+,15+,16?/m1/s1. The minimum absolute atomic E-state index is 0.0690. The van der Waals surface area contributed by atoms with E-state index in [-0.39, 0.29) is 16.9 Å². The second-order valence-electron chi connectivity index (χ2n) is 8.52. The molecule has 3 aliphatic rings. The van der Waals surface area contributed by atoms with Crippen LogP contribution in [0.15, 0.2) is 0 Å². The van der Waals surface area contributed by atoms with Gasteiger partial charge in [0.25, 0.3) is 10.1 Å². The maximum Gasteiger partial charge on any atom is 0.264 e. The lowest BCUT2D eigenvalue weighted by atomic mass is 9.61. The number of hydrogen-bond acceptors (Lipinski definition) is 3. The predicted molar refractivity (Wildman–Crippen MR) is 79.8 cm³/mol. The summed E-state index contributed by atoms with van der Waals surface area (Å²) in [4.78, 5) is 0. The number of rotatable bonds is 2. The molecule has 0 saturated heterocycles. The summed E-state index contributed by atoms with van der Waals surface area (Å²) in [7, 11) is -3.38. The Labute approximate surface area is 123 Å². The Morgan fingerprint density at radius 2 is 1.75 bits per heavy atom. The molecule has 0 bridgehead atoms. The highest BCUT2D eigenvalue weighted by molar-refractivity contribution is 7.86. The average molecular weight is 300 g/mol. The SMILES string of the molecule is C[C@@H]1CC[C@H]2C(C)(C)C[C@]3(C)CC[C@H](OS(C)(=O)=O)C123.